The van der Waals surface area contributed by atoms with E-state index >= 15 is 0 Å². The Labute approximate surface area is 344 Å². The van der Waals surface area contributed by atoms with Crippen LogP contribution in [0.25, 0.3) is 50.2 Å². The molecule has 0 amide bonds. The molecule has 0 saturated heterocycles. The van der Waals surface area contributed by atoms with Gasteiger partial charge in [0.25, 0.3) is 0 Å². The Balaban J connectivity index is 1.00. The van der Waals surface area contributed by atoms with E-state index in [0.29, 0.717) is 36.0 Å². The summed E-state index contributed by atoms with van der Waals surface area (Å²) in [6.45, 7) is 6.72. The van der Waals surface area contributed by atoms with E-state index in [0.717, 1.165) is 24.0 Å². The SMILES string of the molecule is C=NC(=NC(=NCC1=CC2Cc3c(cccc3-n3c4ccccc4c4cc5c6c(n(-c7ccccc7)c5cc43)C(C)CC=C6)C2C=C1)c1ccccc1)c1ccccc1. The fourth-order valence-electron chi connectivity index (χ4n) is 9.90. The molecule has 0 N–H and O–H groups in total. The summed E-state index contributed by atoms with van der Waals surface area (Å²) in [5, 5.41) is 3.89. The van der Waals surface area contributed by atoms with Crippen molar-refractivity contribution in [1.82, 2.24) is 9.13 Å². The molecule has 0 fully saturated rings. The Morgan fingerprint density at radius 1 is 0.678 bits per heavy atom. The lowest BCUT2D eigenvalue weighted by Crippen LogP contribution is -2.10. The Morgan fingerprint density at radius 2 is 1.39 bits per heavy atom. The van der Waals surface area contributed by atoms with E-state index in [2.05, 4.69) is 155 Å². The summed E-state index contributed by atoms with van der Waals surface area (Å²) in [6.07, 6.45) is 13.8. The predicted octanol–water partition coefficient (Wildman–Crippen LogP) is 12.6. The molecule has 59 heavy (non-hydrogen) atoms. The van der Waals surface area contributed by atoms with E-state index in [9.17, 15) is 0 Å². The maximum Gasteiger partial charge on any atom is 0.161 e. The molecule has 0 aliphatic heterocycles. The lowest BCUT2D eigenvalue weighted by molar-refractivity contribution is 0.623. The number of para-hydroxylation sites is 2. The molecule has 2 heterocycles. The molecule has 6 aromatic carbocycles. The summed E-state index contributed by atoms with van der Waals surface area (Å²) in [7, 11) is 0. The molecule has 0 saturated carbocycles. The highest BCUT2D eigenvalue weighted by atomic mass is 15.0. The van der Waals surface area contributed by atoms with Crippen molar-refractivity contribution in [3.63, 3.8) is 0 Å². The van der Waals surface area contributed by atoms with Crippen LogP contribution in [0, 0.1) is 5.92 Å². The number of aliphatic imine (C=N–C) groups is 3. The summed E-state index contributed by atoms with van der Waals surface area (Å²) < 4.78 is 5.07. The number of allylic oxidation sites excluding steroid dienone is 3. The zero-order valence-electron chi connectivity index (χ0n) is 33.0. The number of fused-ring (bicyclic) bond motifs is 9. The van der Waals surface area contributed by atoms with Crippen LogP contribution in [-0.2, 0) is 6.42 Å². The van der Waals surface area contributed by atoms with E-state index in [1.54, 1.807) is 0 Å². The topological polar surface area (TPSA) is 46.9 Å². The molecule has 3 aliphatic rings. The van der Waals surface area contributed by atoms with Crippen molar-refractivity contribution >= 4 is 57.2 Å². The zero-order valence-corrected chi connectivity index (χ0v) is 33.0. The molecule has 0 radical (unpaired) electrons. The molecule has 8 aromatic rings. The van der Waals surface area contributed by atoms with Gasteiger partial charge in [0, 0.05) is 61.8 Å². The Hall–Kier alpha value is -7.11. The minimum Gasteiger partial charge on any atom is -0.313 e. The van der Waals surface area contributed by atoms with Crippen LogP contribution in [0.5, 0.6) is 0 Å². The number of aromatic nitrogens is 2. The molecule has 0 bridgehead atoms. The lowest BCUT2D eigenvalue weighted by Gasteiger charge is -2.19. The first-order chi connectivity index (χ1) is 29.1. The molecule has 284 valence electrons. The average Bonchev–Trinajstić information content (AvgIpc) is 3.94. The quantitative estimate of drug-likeness (QED) is 0.120. The van der Waals surface area contributed by atoms with Crippen molar-refractivity contribution < 1.29 is 0 Å². The van der Waals surface area contributed by atoms with Crippen LogP contribution >= 0.6 is 0 Å². The van der Waals surface area contributed by atoms with Gasteiger partial charge < -0.3 is 9.13 Å². The molecule has 3 atom stereocenters. The molecule has 5 nitrogen and oxygen atoms in total. The first-order valence-electron chi connectivity index (χ1n) is 20.7. The van der Waals surface area contributed by atoms with Crippen molar-refractivity contribution in [2.75, 3.05) is 6.54 Å². The number of hydrogen-bond acceptors (Lipinski definition) is 1. The summed E-state index contributed by atoms with van der Waals surface area (Å²) in [4.78, 5) is 14.4. The summed E-state index contributed by atoms with van der Waals surface area (Å²) in [6, 6.07) is 51.8. The molecule has 3 unspecified atom stereocenters. The third-order valence-corrected chi connectivity index (χ3v) is 12.6. The van der Waals surface area contributed by atoms with E-state index < -0.39 is 0 Å². The fraction of sp³-hybridized carbons (Fsp3) is 0.130. The monoisotopic (exact) mass is 761 g/mol. The van der Waals surface area contributed by atoms with Gasteiger partial charge in [-0.15, -0.1) is 0 Å². The van der Waals surface area contributed by atoms with Gasteiger partial charge >= 0.3 is 0 Å². The van der Waals surface area contributed by atoms with Crippen molar-refractivity contribution in [3.05, 3.63) is 209 Å². The summed E-state index contributed by atoms with van der Waals surface area (Å²) >= 11 is 0. The first-order valence-corrected chi connectivity index (χ1v) is 20.7. The number of nitrogens with zero attached hydrogens (tertiary/aromatic N) is 5. The van der Waals surface area contributed by atoms with E-state index in [-0.39, 0.29) is 0 Å². The smallest absolute Gasteiger partial charge is 0.161 e. The second-order valence-electron chi connectivity index (χ2n) is 16.1. The normalized spacial score (nSPS) is 18.6. The second kappa shape index (κ2) is 14.4. The van der Waals surface area contributed by atoms with Gasteiger partial charge in [-0.3, -0.25) is 4.99 Å². The van der Waals surface area contributed by atoms with Crippen LogP contribution in [0.2, 0.25) is 0 Å². The highest BCUT2D eigenvalue weighted by Gasteiger charge is 2.34. The van der Waals surface area contributed by atoms with Crippen LogP contribution in [-0.4, -0.2) is 34.1 Å². The van der Waals surface area contributed by atoms with Gasteiger partial charge in [0.05, 0.1) is 23.1 Å². The highest BCUT2D eigenvalue weighted by Crippen LogP contribution is 2.47. The summed E-state index contributed by atoms with van der Waals surface area (Å²) in [5.74, 6) is 2.29. The molecule has 5 heteroatoms. The number of benzene rings is 6. The number of rotatable bonds is 6. The van der Waals surface area contributed by atoms with Crippen LogP contribution in [0.4, 0.5) is 0 Å². The van der Waals surface area contributed by atoms with Gasteiger partial charge in [-0.05, 0) is 78.6 Å². The van der Waals surface area contributed by atoms with E-state index in [1.165, 1.54) is 72.0 Å². The van der Waals surface area contributed by atoms with Gasteiger partial charge in [0.1, 0.15) is 0 Å². The maximum atomic E-state index is 5.11. The number of hydrogen-bond donors (Lipinski definition) is 0. The van der Waals surface area contributed by atoms with E-state index in [1.807, 2.05) is 48.5 Å². The average molecular weight is 762 g/mol. The second-order valence-corrected chi connectivity index (χ2v) is 16.1. The van der Waals surface area contributed by atoms with Crippen LogP contribution in [0.15, 0.2) is 190 Å². The Bertz CT molecular complexity index is 3100. The highest BCUT2D eigenvalue weighted by molar-refractivity contribution is 6.15. The standard InChI is InChI=1S/C54H43N5/c1-35-16-14-25-44-47-32-46-43-23-12-13-26-48(43)59(51(46)33-50(47)58(52(35)44)40-21-10-5-11-22-40)49-27-15-24-42-41-29-28-36(30-39(41)31-45(42)49)34-56-54(38-19-8-4-9-20-38)57-53(55-2)37-17-6-3-7-18-37/h3-15,17-30,32-33,35,39,41H,2,16,31,34H2,1H3. The van der Waals surface area contributed by atoms with Crippen molar-refractivity contribution in [2.24, 2.45) is 20.9 Å². The van der Waals surface area contributed by atoms with Crippen LogP contribution in [0.1, 0.15) is 58.7 Å². The largest absolute Gasteiger partial charge is 0.313 e. The van der Waals surface area contributed by atoms with Gasteiger partial charge in [0.15, 0.2) is 11.7 Å². The molecule has 2 aromatic heterocycles. The molecular formula is C54H43N5. The fourth-order valence-corrected chi connectivity index (χ4v) is 9.90. The minimum atomic E-state index is 0.314. The minimum absolute atomic E-state index is 0.314. The third-order valence-electron chi connectivity index (χ3n) is 12.6. The van der Waals surface area contributed by atoms with Crippen LogP contribution in [0.3, 0.4) is 0 Å². The maximum absolute atomic E-state index is 5.11. The van der Waals surface area contributed by atoms with Gasteiger partial charge in [-0.1, -0.05) is 146 Å². The van der Waals surface area contributed by atoms with Crippen molar-refractivity contribution in [2.45, 2.75) is 31.6 Å². The third kappa shape index (κ3) is 5.88. The molecule has 3 aliphatic carbocycles. The first kappa shape index (κ1) is 35.1. The van der Waals surface area contributed by atoms with E-state index in [4.69, 9.17) is 9.98 Å². The summed E-state index contributed by atoms with van der Waals surface area (Å²) in [5.41, 5.74) is 14.9. The molecule has 0 spiro atoms. The van der Waals surface area contributed by atoms with Crippen LogP contribution < -0.4 is 0 Å². The molecular weight excluding hydrogens is 719 g/mol. The Kier molecular flexibility index (Phi) is 8.54. The zero-order chi connectivity index (χ0) is 39.5. The van der Waals surface area contributed by atoms with Crippen molar-refractivity contribution in [1.29, 1.82) is 0 Å². The lowest BCUT2D eigenvalue weighted by atomic mass is 9.86. The van der Waals surface area contributed by atoms with Crippen molar-refractivity contribution in [3.8, 4) is 11.4 Å². The van der Waals surface area contributed by atoms with Gasteiger partial charge in [-0.25, -0.2) is 9.98 Å². The Morgan fingerprint density at radius 3 is 2.17 bits per heavy atom. The molecule has 11 rings (SSSR count). The van der Waals surface area contributed by atoms with Gasteiger partial charge in [-0.2, -0.15) is 0 Å². The predicted molar refractivity (Wildman–Crippen MR) is 247 cm³/mol. The number of amidine groups is 2. The van der Waals surface area contributed by atoms with Gasteiger partial charge in [0.2, 0.25) is 0 Å².